The maximum Gasteiger partial charge on any atom is 0.447 e. The van der Waals surface area contributed by atoms with Crippen molar-refractivity contribution >= 4 is 32.7 Å². The monoisotopic (exact) mass is 446 g/mol. The Hall–Kier alpha value is 0.310. The molecule has 2 fully saturated rings. The Morgan fingerprint density at radius 3 is 2.24 bits per heavy atom. The van der Waals surface area contributed by atoms with Gasteiger partial charge < -0.3 is 14.2 Å². The number of rotatable bonds is 3. The molecule has 0 spiro atoms. The maximum absolute atomic E-state index is 13.5. The van der Waals surface area contributed by atoms with Gasteiger partial charge in [-0.2, -0.15) is 21.6 Å². The lowest BCUT2D eigenvalue weighted by molar-refractivity contribution is -0.374. The van der Waals surface area contributed by atoms with Crippen LogP contribution in [0.2, 0.25) is 0 Å². The molecule has 2 saturated heterocycles. The molecule has 2 rings (SSSR count). The second-order valence-corrected chi connectivity index (χ2v) is 7.74. The molecule has 124 valence electrons. The standard InChI is InChI=1S/C10H14F3IO6S/c1-8(2)18-6-5(4-14)17-9(7(6)19-8,10(11,12)13)20-21(3,15)16/h5-7H,4H2,1-3H3/t5-,6-,7-,9+/m1/s1. The number of fused-ring (bicyclic) bond motifs is 1. The molecule has 21 heavy (non-hydrogen) atoms. The van der Waals surface area contributed by atoms with Gasteiger partial charge in [0.2, 0.25) is 0 Å². The zero-order valence-corrected chi connectivity index (χ0v) is 14.3. The first-order chi connectivity index (χ1) is 9.31. The number of hydrogen-bond acceptors (Lipinski definition) is 6. The third-order valence-corrected chi connectivity index (χ3v) is 4.44. The molecule has 0 radical (unpaired) electrons. The van der Waals surface area contributed by atoms with E-state index in [4.69, 9.17) is 14.2 Å². The molecule has 6 nitrogen and oxygen atoms in total. The third kappa shape index (κ3) is 3.17. The summed E-state index contributed by atoms with van der Waals surface area (Å²) in [7, 11) is -4.44. The normalized spacial score (nSPS) is 39.5. The van der Waals surface area contributed by atoms with Gasteiger partial charge in [-0.15, -0.1) is 0 Å². The van der Waals surface area contributed by atoms with Crippen LogP contribution in [0.1, 0.15) is 13.8 Å². The molecule has 0 unspecified atom stereocenters. The predicted octanol–water partition coefficient (Wildman–Crippen LogP) is 1.58. The van der Waals surface area contributed by atoms with E-state index in [0.29, 0.717) is 6.26 Å². The number of hydrogen-bond donors (Lipinski definition) is 0. The summed E-state index contributed by atoms with van der Waals surface area (Å²) in [6.45, 7) is 2.88. The van der Waals surface area contributed by atoms with Crippen LogP contribution in [0.25, 0.3) is 0 Å². The van der Waals surface area contributed by atoms with Crippen molar-refractivity contribution in [2.45, 2.75) is 49.9 Å². The van der Waals surface area contributed by atoms with Gasteiger partial charge in [0.05, 0.1) is 12.4 Å². The molecule has 0 N–H and O–H groups in total. The van der Waals surface area contributed by atoms with E-state index >= 15 is 0 Å². The van der Waals surface area contributed by atoms with E-state index in [1.54, 1.807) is 0 Å². The minimum Gasteiger partial charge on any atom is -0.342 e. The van der Waals surface area contributed by atoms with Crippen LogP contribution in [-0.4, -0.2) is 55.2 Å². The van der Waals surface area contributed by atoms with E-state index in [9.17, 15) is 21.6 Å². The largest absolute Gasteiger partial charge is 0.447 e. The van der Waals surface area contributed by atoms with Crippen molar-refractivity contribution in [2.75, 3.05) is 10.7 Å². The van der Waals surface area contributed by atoms with Crippen LogP contribution in [-0.2, 0) is 28.5 Å². The lowest BCUT2D eigenvalue weighted by Crippen LogP contribution is -2.57. The lowest BCUT2D eigenvalue weighted by Gasteiger charge is -2.34. The Kier molecular flexibility index (Phi) is 4.34. The first-order valence-corrected chi connectivity index (χ1v) is 9.22. The van der Waals surface area contributed by atoms with Gasteiger partial charge in [0.15, 0.2) is 11.9 Å². The fourth-order valence-corrected chi connectivity index (χ4v) is 3.76. The van der Waals surface area contributed by atoms with Crippen LogP contribution >= 0.6 is 22.6 Å². The summed E-state index contributed by atoms with van der Waals surface area (Å²) in [5, 5.41) is 0. The molecule has 0 aromatic carbocycles. The maximum atomic E-state index is 13.5. The average Bonchev–Trinajstić information content (AvgIpc) is 2.69. The van der Waals surface area contributed by atoms with Crippen molar-refractivity contribution in [1.82, 2.24) is 0 Å². The molecule has 0 aliphatic carbocycles. The number of halogens is 4. The molecule has 0 amide bonds. The van der Waals surface area contributed by atoms with Crippen LogP contribution < -0.4 is 0 Å². The van der Waals surface area contributed by atoms with E-state index in [-0.39, 0.29) is 4.43 Å². The molecule has 0 aromatic heterocycles. The van der Waals surface area contributed by atoms with Gasteiger partial charge in [0, 0.05) is 4.43 Å². The summed E-state index contributed by atoms with van der Waals surface area (Å²) >= 11 is 1.83. The molecule has 0 bridgehead atoms. The summed E-state index contributed by atoms with van der Waals surface area (Å²) in [4.78, 5) is 0. The fourth-order valence-electron chi connectivity index (χ4n) is 2.40. The third-order valence-electron chi connectivity index (χ3n) is 3.02. The summed E-state index contributed by atoms with van der Waals surface area (Å²) in [5.41, 5.74) is 0. The summed E-state index contributed by atoms with van der Waals surface area (Å²) in [5.74, 6) is -4.69. The molecule has 11 heteroatoms. The van der Waals surface area contributed by atoms with Gasteiger partial charge in [-0.05, 0) is 13.8 Å². The molecular formula is C10H14F3IO6S. The lowest BCUT2D eigenvalue weighted by atomic mass is 10.1. The average molecular weight is 446 g/mol. The van der Waals surface area contributed by atoms with Gasteiger partial charge >= 0.3 is 12.0 Å². The highest BCUT2D eigenvalue weighted by molar-refractivity contribution is 14.1. The van der Waals surface area contributed by atoms with Crippen molar-refractivity contribution in [2.24, 2.45) is 0 Å². The van der Waals surface area contributed by atoms with E-state index in [1.807, 2.05) is 22.6 Å². The number of alkyl halides is 4. The van der Waals surface area contributed by atoms with E-state index in [0.717, 1.165) is 0 Å². The summed E-state index contributed by atoms with van der Waals surface area (Å²) in [6, 6.07) is 0. The topological polar surface area (TPSA) is 71.1 Å². The van der Waals surface area contributed by atoms with Crippen LogP contribution in [0.3, 0.4) is 0 Å². The van der Waals surface area contributed by atoms with Gasteiger partial charge in [0.1, 0.15) is 6.10 Å². The highest BCUT2D eigenvalue weighted by Crippen LogP contribution is 2.52. The first kappa shape index (κ1) is 17.7. The highest BCUT2D eigenvalue weighted by Gasteiger charge is 2.76. The Morgan fingerprint density at radius 2 is 1.81 bits per heavy atom. The van der Waals surface area contributed by atoms with Gasteiger partial charge in [-0.3, -0.25) is 0 Å². The van der Waals surface area contributed by atoms with Crippen molar-refractivity contribution < 1.29 is 40.0 Å². The SMILES string of the molecule is CC1(C)O[C@H]2[C@@H](O1)[C@](OS(C)(=O)=O)(C(F)(F)F)O[C@@H]2CI. The number of ether oxygens (including phenoxy) is 3. The molecule has 2 aliphatic rings. The van der Waals surface area contributed by atoms with Crippen LogP contribution in [0.4, 0.5) is 13.2 Å². The van der Waals surface area contributed by atoms with Crippen molar-refractivity contribution in [3.8, 4) is 0 Å². The molecule has 2 heterocycles. The van der Waals surface area contributed by atoms with Gasteiger partial charge in [-0.25, -0.2) is 4.18 Å². The Morgan fingerprint density at radius 1 is 1.24 bits per heavy atom. The van der Waals surface area contributed by atoms with Crippen molar-refractivity contribution in [3.63, 3.8) is 0 Å². The summed E-state index contributed by atoms with van der Waals surface area (Å²) in [6.07, 6.45) is -8.37. The minimum absolute atomic E-state index is 0.156. The van der Waals surface area contributed by atoms with Crippen molar-refractivity contribution in [1.29, 1.82) is 0 Å². The Balaban J connectivity index is 2.50. The zero-order chi connectivity index (χ0) is 16.3. The zero-order valence-electron chi connectivity index (χ0n) is 11.3. The first-order valence-electron chi connectivity index (χ1n) is 5.88. The smallest absolute Gasteiger partial charge is 0.342 e. The van der Waals surface area contributed by atoms with Crippen molar-refractivity contribution in [3.05, 3.63) is 0 Å². The van der Waals surface area contributed by atoms with Gasteiger partial charge in [-0.1, -0.05) is 22.6 Å². The van der Waals surface area contributed by atoms with Crippen LogP contribution in [0.5, 0.6) is 0 Å². The van der Waals surface area contributed by atoms with Crippen LogP contribution in [0, 0.1) is 0 Å². The van der Waals surface area contributed by atoms with Gasteiger partial charge in [0.25, 0.3) is 10.1 Å². The fraction of sp³-hybridized carbons (Fsp3) is 1.00. The Labute approximate surface area is 133 Å². The highest BCUT2D eigenvalue weighted by atomic mass is 127. The van der Waals surface area contributed by atoms with E-state index < -0.39 is 46.2 Å². The summed E-state index contributed by atoms with van der Waals surface area (Å²) < 4.78 is 83.1. The molecular weight excluding hydrogens is 432 g/mol. The Bertz CT molecular complexity index is 521. The molecule has 2 aliphatic heterocycles. The molecule has 0 aromatic rings. The molecule has 4 atom stereocenters. The van der Waals surface area contributed by atoms with Crippen LogP contribution in [0.15, 0.2) is 0 Å². The molecule has 0 saturated carbocycles. The van der Waals surface area contributed by atoms with E-state index in [1.165, 1.54) is 13.8 Å². The second kappa shape index (κ2) is 5.16. The minimum atomic E-state index is -5.11. The second-order valence-electron chi connectivity index (χ2n) is 5.28. The predicted molar refractivity (Wildman–Crippen MR) is 72.3 cm³/mol. The quantitative estimate of drug-likeness (QED) is 0.373. The van der Waals surface area contributed by atoms with E-state index in [2.05, 4.69) is 4.18 Å².